The lowest BCUT2D eigenvalue weighted by molar-refractivity contribution is 0.136. The number of urea groups is 1. The number of benzene rings is 2. The molecule has 3 N–H and O–H groups in total. The summed E-state index contributed by atoms with van der Waals surface area (Å²) in [5.74, 6) is 0. The Labute approximate surface area is 170 Å². The van der Waals surface area contributed by atoms with Gasteiger partial charge in [-0.2, -0.15) is 0 Å². The van der Waals surface area contributed by atoms with Crippen LogP contribution < -0.4 is 11.4 Å². The van der Waals surface area contributed by atoms with Crippen molar-refractivity contribution in [1.82, 2.24) is 14.5 Å². The van der Waals surface area contributed by atoms with Gasteiger partial charge in [-0.05, 0) is 77.7 Å². The Balaban J connectivity index is 1.74. The number of likely N-dealkylation sites (tertiary alicyclic amines) is 1. The molecule has 3 aromatic rings. The van der Waals surface area contributed by atoms with Crippen molar-refractivity contribution in [2.75, 3.05) is 6.54 Å². The zero-order valence-electron chi connectivity index (χ0n) is 15.0. The van der Waals surface area contributed by atoms with E-state index in [-0.39, 0.29) is 17.8 Å². The Morgan fingerprint density at radius 2 is 1.96 bits per heavy atom. The van der Waals surface area contributed by atoms with Gasteiger partial charge in [0.05, 0.1) is 17.1 Å². The first-order valence-electron chi connectivity index (χ1n) is 8.96. The summed E-state index contributed by atoms with van der Waals surface area (Å²) in [6, 6.07) is 13.6. The number of hydrogen-bond acceptors (Lipinski definition) is 2. The molecule has 4 rings (SSSR count). The third-order valence-corrected chi connectivity index (χ3v) is 6.07. The van der Waals surface area contributed by atoms with E-state index in [1.165, 1.54) is 0 Å². The largest absolute Gasteiger partial charge is 0.351 e. The number of fused-ring (bicyclic) bond motifs is 1. The van der Waals surface area contributed by atoms with Gasteiger partial charge in [-0.1, -0.05) is 18.2 Å². The van der Waals surface area contributed by atoms with E-state index in [1.54, 1.807) is 4.90 Å². The number of primary amides is 1. The number of amides is 2. The van der Waals surface area contributed by atoms with Gasteiger partial charge in [-0.25, -0.2) is 9.59 Å². The molecule has 2 amide bonds. The number of imidazole rings is 1. The van der Waals surface area contributed by atoms with Crippen molar-refractivity contribution >= 4 is 39.7 Å². The molecule has 6 nitrogen and oxygen atoms in total. The highest BCUT2D eigenvalue weighted by Gasteiger charge is 2.33. The lowest BCUT2D eigenvalue weighted by Crippen LogP contribution is -2.45. The summed E-state index contributed by atoms with van der Waals surface area (Å²) in [5.41, 5.74) is 9.44. The van der Waals surface area contributed by atoms with Gasteiger partial charge in [0, 0.05) is 16.2 Å². The number of nitrogens with zero attached hydrogens (tertiary/aromatic N) is 2. The van der Waals surface area contributed by atoms with E-state index >= 15 is 0 Å². The fraction of sp³-hybridized carbons (Fsp3) is 0.300. The lowest BCUT2D eigenvalue weighted by Gasteiger charge is -2.39. The van der Waals surface area contributed by atoms with Gasteiger partial charge in [-0.15, -0.1) is 0 Å². The van der Waals surface area contributed by atoms with Gasteiger partial charge >= 0.3 is 11.7 Å². The van der Waals surface area contributed by atoms with Crippen molar-refractivity contribution in [2.24, 2.45) is 5.73 Å². The third kappa shape index (κ3) is 3.36. The van der Waals surface area contributed by atoms with E-state index in [0.29, 0.717) is 19.4 Å². The molecular formula is C20H21IN4O2. The Bertz CT molecular complexity index is 1050. The van der Waals surface area contributed by atoms with Gasteiger partial charge in [0.2, 0.25) is 0 Å². The molecule has 1 aliphatic rings. The summed E-state index contributed by atoms with van der Waals surface area (Å²) < 4.78 is 2.98. The zero-order valence-corrected chi connectivity index (χ0v) is 17.1. The molecule has 1 fully saturated rings. The third-order valence-electron chi connectivity index (χ3n) is 5.35. The number of nitrogens with two attached hydrogens (primary N) is 1. The maximum atomic E-state index is 12.7. The fourth-order valence-electron chi connectivity index (χ4n) is 4.05. The Morgan fingerprint density at radius 1 is 1.22 bits per heavy atom. The van der Waals surface area contributed by atoms with Crippen LogP contribution in [0.25, 0.3) is 11.0 Å². The van der Waals surface area contributed by atoms with E-state index in [9.17, 15) is 9.59 Å². The second-order valence-corrected chi connectivity index (χ2v) is 8.34. The number of piperidine rings is 1. The average molecular weight is 476 g/mol. The summed E-state index contributed by atoms with van der Waals surface area (Å²) in [6.07, 6.45) is 1.36. The van der Waals surface area contributed by atoms with Crippen molar-refractivity contribution in [3.8, 4) is 0 Å². The highest BCUT2D eigenvalue weighted by Crippen LogP contribution is 2.37. The van der Waals surface area contributed by atoms with Crippen molar-refractivity contribution < 1.29 is 4.79 Å². The molecule has 2 heterocycles. The molecule has 0 saturated carbocycles. The molecule has 2 aromatic carbocycles. The summed E-state index contributed by atoms with van der Waals surface area (Å²) >= 11 is 2.26. The lowest BCUT2D eigenvalue weighted by atomic mass is 9.91. The number of aryl methyl sites for hydroxylation is 1. The monoisotopic (exact) mass is 476 g/mol. The standard InChI is InChI=1S/C20H21IN4O2/c1-12-2-7-17-16(10-12)23-20(27)25(17)15-8-9-24(19(22)26)18(11-15)13-3-5-14(21)6-4-13/h2-7,10,15,18H,8-9,11H2,1H3,(H2,22,26)(H,23,27). The summed E-state index contributed by atoms with van der Waals surface area (Å²) in [7, 11) is 0. The van der Waals surface area contributed by atoms with Crippen molar-refractivity contribution in [3.63, 3.8) is 0 Å². The second-order valence-electron chi connectivity index (χ2n) is 7.10. The molecule has 2 unspecified atom stereocenters. The van der Waals surface area contributed by atoms with E-state index < -0.39 is 6.03 Å². The molecule has 0 aliphatic carbocycles. The van der Waals surface area contributed by atoms with Gasteiger partial charge in [0.15, 0.2) is 0 Å². The maximum absolute atomic E-state index is 12.7. The van der Waals surface area contributed by atoms with E-state index in [1.807, 2.05) is 54.0 Å². The molecule has 1 saturated heterocycles. The minimum atomic E-state index is -0.418. The minimum absolute atomic E-state index is 0.00818. The minimum Gasteiger partial charge on any atom is -0.351 e. The molecular weight excluding hydrogens is 455 g/mol. The number of halogens is 1. The number of rotatable bonds is 2. The molecule has 7 heteroatoms. The van der Waals surface area contributed by atoms with Crippen LogP contribution in [0.3, 0.4) is 0 Å². The van der Waals surface area contributed by atoms with Gasteiger partial charge in [0.1, 0.15) is 0 Å². The molecule has 2 atom stereocenters. The van der Waals surface area contributed by atoms with E-state index in [0.717, 1.165) is 25.7 Å². The molecule has 1 aliphatic heterocycles. The van der Waals surface area contributed by atoms with Crippen LogP contribution in [-0.4, -0.2) is 27.0 Å². The quantitative estimate of drug-likeness (QED) is 0.553. The predicted molar refractivity (Wildman–Crippen MR) is 114 cm³/mol. The second kappa shape index (κ2) is 7.03. The SMILES string of the molecule is Cc1ccc2c(c1)[nH]c(=O)n2C1CCN(C(N)=O)C(c2ccc(I)cc2)C1. The number of nitrogens with one attached hydrogen (secondary N) is 1. The molecule has 0 bridgehead atoms. The molecule has 1 aromatic heterocycles. The first-order valence-corrected chi connectivity index (χ1v) is 10.0. The topological polar surface area (TPSA) is 84.1 Å². The predicted octanol–water partition coefficient (Wildman–Crippen LogP) is 3.70. The van der Waals surface area contributed by atoms with Crippen LogP contribution in [0.2, 0.25) is 0 Å². The number of hydrogen-bond donors (Lipinski definition) is 2. The summed E-state index contributed by atoms with van der Waals surface area (Å²) in [5, 5.41) is 0. The highest BCUT2D eigenvalue weighted by molar-refractivity contribution is 14.1. The maximum Gasteiger partial charge on any atom is 0.326 e. The Morgan fingerprint density at radius 3 is 2.67 bits per heavy atom. The number of aromatic nitrogens is 2. The normalized spacial score (nSPS) is 20.1. The smallest absolute Gasteiger partial charge is 0.326 e. The first-order chi connectivity index (χ1) is 12.9. The number of H-pyrrole nitrogens is 1. The van der Waals surface area contributed by atoms with Crippen LogP contribution in [0, 0.1) is 10.5 Å². The van der Waals surface area contributed by atoms with E-state index in [2.05, 4.69) is 27.6 Å². The van der Waals surface area contributed by atoms with Crippen LogP contribution in [0.4, 0.5) is 4.79 Å². The average Bonchev–Trinajstić information content (AvgIpc) is 2.96. The molecule has 0 spiro atoms. The van der Waals surface area contributed by atoms with Crippen LogP contribution in [0.1, 0.15) is 36.1 Å². The van der Waals surface area contributed by atoms with Crippen LogP contribution in [0.15, 0.2) is 47.3 Å². The van der Waals surface area contributed by atoms with Crippen LogP contribution in [0.5, 0.6) is 0 Å². The number of aromatic amines is 1. The van der Waals surface area contributed by atoms with Crippen molar-refractivity contribution in [2.45, 2.75) is 31.8 Å². The van der Waals surface area contributed by atoms with Crippen molar-refractivity contribution in [3.05, 3.63) is 67.6 Å². The van der Waals surface area contributed by atoms with E-state index in [4.69, 9.17) is 5.73 Å². The van der Waals surface area contributed by atoms with Crippen molar-refractivity contribution in [1.29, 1.82) is 0 Å². The number of carbonyl (C=O) groups excluding carboxylic acids is 1. The van der Waals surface area contributed by atoms with Gasteiger partial charge in [-0.3, -0.25) is 4.57 Å². The fourth-order valence-corrected chi connectivity index (χ4v) is 4.41. The molecule has 27 heavy (non-hydrogen) atoms. The summed E-state index contributed by atoms with van der Waals surface area (Å²) in [4.78, 5) is 29.3. The Hall–Kier alpha value is -2.29. The molecule has 0 radical (unpaired) electrons. The van der Waals surface area contributed by atoms with Crippen LogP contribution >= 0.6 is 22.6 Å². The van der Waals surface area contributed by atoms with Crippen LogP contribution in [-0.2, 0) is 0 Å². The Kier molecular flexibility index (Phi) is 4.71. The van der Waals surface area contributed by atoms with Gasteiger partial charge in [0.25, 0.3) is 0 Å². The summed E-state index contributed by atoms with van der Waals surface area (Å²) in [6.45, 7) is 2.54. The van der Waals surface area contributed by atoms with Gasteiger partial charge < -0.3 is 15.6 Å². The highest BCUT2D eigenvalue weighted by atomic mass is 127. The zero-order chi connectivity index (χ0) is 19.1. The number of carbonyl (C=O) groups is 1. The molecule has 140 valence electrons. The first kappa shape index (κ1) is 18.1.